The summed E-state index contributed by atoms with van der Waals surface area (Å²) in [5.41, 5.74) is 0.751. The number of nitrogens with one attached hydrogen (secondary N) is 1. The van der Waals surface area contributed by atoms with Gasteiger partial charge in [-0.15, -0.1) is 0 Å². The van der Waals surface area contributed by atoms with Gasteiger partial charge in [-0.2, -0.15) is 13.2 Å². The van der Waals surface area contributed by atoms with Crippen LogP contribution in [0, 0.1) is 5.92 Å². The Hall–Kier alpha value is -2.12. The third-order valence-electron chi connectivity index (χ3n) is 4.71. The minimum Gasteiger partial charge on any atom is -0.497 e. The van der Waals surface area contributed by atoms with Crippen molar-refractivity contribution < 1.29 is 27.4 Å². The van der Waals surface area contributed by atoms with E-state index in [-0.39, 0.29) is 19.4 Å². The summed E-state index contributed by atoms with van der Waals surface area (Å²) in [6.07, 6.45) is -3.11. The highest BCUT2D eigenvalue weighted by molar-refractivity contribution is 5.74. The van der Waals surface area contributed by atoms with Crippen LogP contribution < -0.4 is 14.8 Å². The summed E-state index contributed by atoms with van der Waals surface area (Å²) in [5, 5.41) is 2.72. The molecule has 2 unspecified atom stereocenters. The average Bonchev–Trinajstić information content (AvgIpc) is 2.61. The number of hydrogen-bond donors (Lipinski definition) is 1. The van der Waals surface area contributed by atoms with Crippen LogP contribution in [-0.4, -0.2) is 44.4 Å². The topological polar surface area (TPSA) is 50.8 Å². The zero-order chi connectivity index (χ0) is 19.3. The van der Waals surface area contributed by atoms with Gasteiger partial charge in [-0.1, -0.05) is 6.42 Å². The van der Waals surface area contributed by atoms with Gasteiger partial charge in [-0.25, -0.2) is 4.79 Å². The Kier molecular flexibility index (Phi) is 6.61. The number of alkyl halides is 3. The van der Waals surface area contributed by atoms with Crippen LogP contribution in [-0.2, 0) is 6.54 Å². The Morgan fingerprint density at radius 1 is 1.27 bits per heavy atom. The van der Waals surface area contributed by atoms with Crippen LogP contribution in [0.5, 0.6) is 11.5 Å². The fourth-order valence-electron chi connectivity index (χ4n) is 3.24. The van der Waals surface area contributed by atoms with Gasteiger partial charge in [0.05, 0.1) is 26.7 Å². The van der Waals surface area contributed by atoms with Gasteiger partial charge in [-0.05, 0) is 37.5 Å². The molecule has 0 aliphatic heterocycles. The summed E-state index contributed by atoms with van der Waals surface area (Å²) in [5.74, 6) is -0.0968. The second-order valence-electron chi connectivity index (χ2n) is 6.59. The summed E-state index contributed by atoms with van der Waals surface area (Å²) in [6, 6.07) is 4.40. The van der Waals surface area contributed by atoms with E-state index in [2.05, 4.69) is 5.32 Å². The molecular weight excluding hydrogens is 349 g/mol. The highest BCUT2D eigenvalue weighted by Crippen LogP contribution is 2.37. The van der Waals surface area contributed by atoms with Crippen LogP contribution in [0.1, 0.15) is 31.2 Å². The molecule has 1 saturated carbocycles. The zero-order valence-corrected chi connectivity index (χ0v) is 15.2. The molecule has 1 aromatic rings. The van der Waals surface area contributed by atoms with Crippen LogP contribution in [0.4, 0.5) is 18.0 Å². The van der Waals surface area contributed by atoms with Crippen molar-refractivity contribution in [3.63, 3.8) is 0 Å². The number of urea groups is 1. The highest BCUT2D eigenvalue weighted by Gasteiger charge is 2.42. The Morgan fingerprint density at radius 2 is 2.00 bits per heavy atom. The molecule has 1 N–H and O–H groups in total. The molecular formula is C18H25F3N2O3. The van der Waals surface area contributed by atoms with Crippen molar-refractivity contribution in [2.75, 3.05) is 21.3 Å². The monoisotopic (exact) mass is 374 g/mol. The van der Waals surface area contributed by atoms with E-state index < -0.39 is 24.2 Å². The first-order valence-corrected chi connectivity index (χ1v) is 8.53. The number of benzene rings is 1. The lowest BCUT2D eigenvalue weighted by molar-refractivity contribution is -0.183. The molecule has 1 aromatic carbocycles. The maximum absolute atomic E-state index is 12.9. The minimum atomic E-state index is -4.21. The molecule has 0 spiro atoms. The molecule has 0 saturated heterocycles. The van der Waals surface area contributed by atoms with E-state index in [1.54, 1.807) is 32.4 Å². The van der Waals surface area contributed by atoms with E-state index in [0.717, 1.165) is 5.56 Å². The van der Waals surface area contributed by atoms with Crippen LogP contribution in [0.15, 0.2) is 18.2 Å². The van der Waals surface area contributed by atoms with Gasteiger partial charge in [0.15, 0.2) is 0 Å². The van der Waals surface area contributed by atoms with Gasteiger partial charge < -0.3 is 19.7 Å². The lowest BCUT2D eigenvalue weighted by Crippen LogP contribution is -2.46. The molecule has 8 heteroatoms. The molecule has 2 rings (SSSR count). The standard InChI is InChI=1S/C18H25F3N2O3/c1-23(11-12-9-15(25-2)7-8-16(12)26-3)17(24)22-14-6-4-5-13(10-14)18(19,20)21/h7-9,13-14H,4-6,10-11H2,1-3H3,(H,22,24). The molecule has 5 nitrogen and oxygen atoms in total. The lowest BCUT2D eigenvalue weighted by atomic mass is 9.85. The molecule has 26 heavy (non-hydrogen) atoms. The minimum absolute atomic E-state index is 0.0639. The van der Waals surface area contributed by atoms with Crippen molar-refractivity contribution in [3.05, 3.63) is 23.8 Å². The summed E-state index contributed by atoms with van der Waals surface area (Å²) >= 11 is 0. The smallest absolute Gasteiger partial charge is 0.391 e. The molecule has 1 fully saturated rings. The molecule has 0 radical (unpaired) electrons. The molecule has 2 atom stereocenters. The number of ether oxygens (including phenoxy) is 2. The maximum Gasteiger partial charge on any atom is 0.391 e. The number of rotatable bonds is 5. The Labute approximate surface area is 151 Å². The van der Waals surface area contributed by atoms with Gasteiger partial charge in [0.1, 0.15) is 11.5 Å². The summed E-state index contributed by atoms with van der Waals surface area (Å²) in [7, 11) is 4.67. The molecule has 2 amide bonds. The first-order chi connectivity index (χ1) is 12.2. The van der Waals surface area contributed by atoms with Crippen molar-refractivity contribution in [2.45, 2.75) is 44.4 Å². The Morgan fingerprint density at radius 3 is 2.62 bits per heavy atom. The third kappa shape index (κ3) is 5.19. The Balaban J connectivity index is 1.97. The number of halogens is 3. The molecule has 1 aliphatic carbocycles. The van der Waals surface area contributed by atoms with Gasteiger partial charge in [-0.3, -0.25) is 0 Å². The summed E-state index contributed by atoms with van der Waals surface area (Å²) in [6.45, 7) is 0.252. The normalized spacial score (nSPS) is 20.4. The van der Waals surface area contributed by atoms with Gasteiger partial charge in [0, 0.05) is 18.7 Å². The fourth-order valence-corrected chi connectivity index (χ4v) is 3.24. The maximum atomic E-state index is 12.9. The first kappa shape index (κ1) is 20.2. The van der Waals surface area contributed by atoms with E-state index >= 15 is 0 Å². The SMILES string of the molecule is COc1ccc(OC)c(CN(C)C(=O)NC2CCCC(C(F)(F)F)C2)c1. The van der Waals surface area contributed by atoms with Crippen molar-refractivity contribution in [1.82, 2.24) is 10.2 Å². The third-order valence-corrected chi connectivity index (χ3v) is 4.71. The fraction of sp³-hybridized carbons (Fsp3) is 0.611. The molecule has 0 aromatic heterocycles. The number of carbonyl (C=O) groups is 1. The largest absolute Gasteiger partial charge is 0.497 e. The Bertz CT molecular complexity index is 622. The number of methoxy groups -OCH3 is 2. The lowest BCUT2D eigenvalue weighted by Gasteiger charge is -2.32. The highest BCUT2D eigenvalue weighted by atomic mass is 19.4. The van der Waals surface area contributed by atoms with Gasteiger partial charge in [0.25, 0.3) is 0 Å². The second-order valence-corrected chi connectivity index (χ2v) is 6.59. The quantitative estimate of drug-likeness (QED) is 0.849. The predicted octanol–water partition coefficient (Wildman–Crippen LogP) is 3.97. The summed E-state index contributed by atoms with van der Waals surface area (Å²) < 4.78 is 49.2. The van der Waals surface area contributed by atoms with Crippen LogP contribution in [0.2, 0.25) is 0 Å². The zero-order valence-electron chi connectivity index (χ0n) is 15.2. The van der Waals surface area contributed by atoms with E-state index in [1.807, 2.05) is 0 Å². The molecule has 0 bridgehead atoms. The van der Waals surface area contributed by atoms with Crippen molar-refractivity contribution in [3.8, 4) is 11.5 Å². The van der Waals surface area contributed by atoms with Crippen LogP contribution >= 0.6 is 0 Å². The van der Waals surface area contributed by atoms with E-state index in [9.17, 15) is 18.0 Å². The molecule has 0 heterocycles. The van der Waals surface area contributed by atoms with Crippen molar-refractivity contribution in [1.29, 1.82) is 0 Å². The van der Waals surface area contributed by atoms with Crippen LogP contribution in [0.25, 0.3) is 0 Å². The molecule has 1 aliphatic rings. The number of carbonyl (C=O) groups excluding carboxylic acids is 1. The van der Waals surface area contributed by atoms with E-state index in [1.165, 1.54) is 12.0 Å². The number of hydrogen-bond acceptors (Lipinski definition) is 3. The predicted molar refractivity (Wildman–Crippen MR) is 91.3 cm³/mol. The van der Waals surface area contributed by atoms with Crippen molar-refractivity contribution >= 4 is 6.03 Å². The van der Waals surface area contributed by atoms with Crippen LogP contribution in [0.3, 0.4) is 0 Å². The number of nitrogens with zero attached hydrogens (tertiary/aromatic N) is 1. The van der Waals surface area contributed by atoms with E-state index in [4.69, 9.17) is 9.47 Å². The summed E-state index contributed by atoms with van der Waals surface area (Å²) in [4.78, 5) is 13.8. The number of amides is 2. The second kappa shape index (κ2) is 8.51. The van der Waals surface area contributed by atoms with Gasteiger partial charge in [0.2, 0.25) is 0 Å². The molecule has 146 valence electrons. The van der Waals surface area contributed by atoms with Crippen molar-refractivity contribution in [2.24, 2.45) is 5.92 Å². The van der Waals surface area contributed by atoms with Gasteiger partial charge >= 0.3 is 12.2 Å². The van der Waals surface area contributed by atoms with E-state index in [0.29, 0.717) is 24.3 Å². The average molecular weight is 374 g/mol. The first-order valence-electron chi connectivity index (χ1n) is 8.53.